The molecular formula is C17H19N3O3S. The average molecular weight is 345 g/mol. The Bertz CT molecular complexity index is 781. The summed E-state index contributed by atoms with van der Waals surface area (Å²) < 4.78 is 12.7. The molecule has 0 saturated carbocycles. The standard InChI is InChI=1S/C17H19N3O3S/c1-3-19(8-10-23-14-6-4-13(22-2)5-7-14)16(21)15-12-20-9-11-24-17(20)18-15/h4-7,9,11-12H,3,8,10H2,1-2H3. The van der Waals surface area contributed by atoms with Gasteiger partial charge >= 0.3 is 0 Å². The smallest absolute Gasteiger partial charge is 0.274 e. The monoisotopic (exact) mass is 345 g/mol. The molecule has 0 atom stereocenters. The van der Waals surface area contributed by atoms with E-state index in [0.717, 1.165) is 16.5 Å². The third-order valence-corrected chi connectivity index (χ3v) is 4.44. The summed E-state index contributed by atoms with van der Waals surface area (Å²) >= 11 is 1.51. The molecule has 6 nitrogen and oxygen atoms in total. The van der Waals surface area contributed by atoms with E-state index in [-0.39, 0.29) is 5.91 Å². The van der Waals surface area contributed by atoms with Gasteiger partial charge in [0.15, 0.2) is 4.96 Å². The van der Waals surface area contributed by atoms with Crippen LogP contribution in [0.2, 0.25) is 0 Å². The Morgan fingerprint density at radius 1 is 1.29 bits per heavy atom. The molecule has 2 heterocycles. The second-order valence-corrected chi connectivity index (χ2v) is 6.00. The Hall–Kier alpha value is -2.54. The second kappa shape index (κ2) is 7.35. The lowest BCUT2D eigenvalue weighted by molar-refractivity contribution is 0.0734. The first kappa shape index (κ1) is 16.3. The predicted octanol–water partition coefficient (Wildman–Crippen LogP) is 2.95. The first-order valence-electron chi connectivity index (χ1n) is 7.69. The molecule has 24 heavy (non-hydrogen) atoms. The number of carbonyl (C=O) groups excluding carboxylic acids is 1. The number of carbonyl (C=O) groups is 1. The number of imidazole rings is 1. The van der Waals surface area contributed by atoms with E-state index >= 15 is 0 Å². The molecule has 7 heteroatoms. The van der Waals surface area contributed by atoms with Gasteiger partial charge < -0.3 is 14.4 Å². The molecule has 0 aliphatic rings. The van der Waals surface area contributed by atoms with Gasteiger partial charge in [-0.15, -0.1) is 11.3 Å². The van der Waals surface area contributed by atoms with Crippen LogP contribution >= 0.6 is 11.3 Å². The zero-order valence-electron chi connectivity index (χ0n) is 13.6. The number of fused-ring (bicyclic) bond motifs is 1. The maximum absolute atomic E-state index is 12.6. The Kier molecular flexibility index (Phi) is 5.00. The van der Waals surface area contributed by atoms with Gasteiger partial charge in [0.2, 0.25) is 0 Å². The lowest BCUT2D eigenvalue weighted by atomic mass is 10.3. The maximum Gasteiger partial charge on any atom is 0.274 e. The van der Waals surface area contributed by atoms with Crippen LogP contribution in [0, 0.1) is 0 Å². The molecule has 3 aromatic rings. The number of aromatic nitrogens is 2. The summed E-state index contributed by atoms with van der Waals surface area (Å²) in [6.45, 7) is 3.49. The summed E-state index contributed by atoms with van der Waals surface area (Å²) in [4.78, 5) is 19.5. The SMILES string of the molecule is CCN(CCOc1ccc(OC)cc1)C(=O)c1cn2ccsc2n1. The van der Waals surface area contributed by atoms with Crippen LogP contribution < -0.4 is 9.47 Å². The molecule has 0 unspecified atom stereocenters. The minimum absolute atomic E-state index is 0.0771. The highest BCUT2D eigenvalue weighted by Crippen LogP contribution is 2.17. The zero-order chi connectivity index (χ0) is 16.9. The van der Waals surface area contributed by atoms with Crippen molar-refractivity contribution < 1.29 is 14.3 Å². The molecule has 0 N–H and O–H groups in total. The van der Waals surface area contributed by atoms with Crippen molar-refractivity contribution in [1.82, 2.24) is 14.3 Å². The fourth-order valence-electron chi connectivity index (χ4n) is 2.34. The van der Waals surface area contributed by atoms with Crippen molar-refractivity contribution in [3.63, 3.8) is 0 Å². The summed E-state index contributed by atoms with van der Waals surface area (Å²) in [6, 6.07) is 7.38. The van der Waals surface area contributed by atoms with Crippen molar-refractivity contribution in [2.24, 2.45) is 0 Å². The number of rotatable bonds is 7. The van der Waals surface area contributed by atoms with Crippen LogP contribution in [0.5, 0.6) is 11.5 Å². The molecule has 0 fully saturated rings. The Morgan fingerprint density at radius 2 is 2.04 bits per heavy atom. The molecule has 0 spiro atoms. The summed E-state index contributed by atoms with van der Waals surface area (Å²) in [5.41, 5.74) is 0.466. The maximum atomic E-state index is 12.6. The highest BCUT2D eigenvalue weighted by Gasteiger charge is 2.17. The van der Waals surface area contributed by atoms with Crippen molar-refractivity contribution in [3.8, 4) is 11.5 Å². The molecule has 0 saturated heterocycles. The highest BCUT2D eigenvalue weighted by atomic mass is 32.1. The van der Waals surface area contributed by atoms with E-state index in [1.807, 2.05) is 47.2 Å². The van der Waals surface area contributed by atoms with Crippen LogP contribution in [0.1, 0.15) is 17.4 Å². The predicted molar refractivity (Wildman–Crippen MR) is 93.1 cm³/mol. The van der Waals surface area contributed by atoms with E-state index in [4.69, 9.17) is 9.47 Å². The van der Waals surface area contributed by atoms with Crippen LogP contribution in [0.4, 0.5) is 0 Å². The minimum Gasteiger partial charge on any atom is -0.497 e. The van der Waals surface area contributed by atoms with E-state index in [1.165, 1.54) is 11.3 Å². The number of ether oxygens (including phenoxy) is 2. The van der Waals surface area contributed by atoms with Gasteiger partial charge in [0.05, 0.1) is 13.7 Å². The van der Waals surface area contributed by atoms with Crippen molar-refractivity contribution >= 4 is 22.2 Å². The minimum atomic E-state index is -0.0771. The van der Waals surface area contributed by atoms with Crippen molar-refractivity contribution in [2.75, 3.05) is 26.8 Å². The van der Waals surface area contributed by atoms with Crippen LogP contribution in [0.3, 0.4) is 0 Å². The Morgan fingerprint density at radius 3 is 2.71 bits per heavy atom. The molecule has 126 valence electrons. The van der Waals surface area contributed by atoms with Crippen LogP contribution in [-0.2, 0) is 0 Å². The van der Waals surface area contributed by atoms with Crippen LogP contribution in [0.25, 0.3) is 4.96 Å². The summed E-state index contributed by atoms with van der Waals surface area (Å²) in [6.07, 6.45) is 3.66. The fraction of sp³-hybridized carbons (Fsp3) is 0.294. The molecule has 1 amide bonds. The molecular weight excluding hydrogens is 326 g/mol. The molecule has 0 radical (unpaired) electrons. The number of benzene rings is 1. The first-order valence-corrected chi connectivity index (χ1v) is 8.57. The molecule has 1 aromatic carbocycles. The van der Waals surface area contributed by atoms with Crippen molar-refractivity contribution in [3.05, 3.63) is 47.7 Å². The van der Waals surface area contributed by atoms with E-state index in [9.17, 15) is 4.79 Å². The second-order valence-electron chi connectivity index (χ2n) is 5.13. The molecule has 0 bridgehead atoms. The van der Waals surface area contributed by atoms with Gasteiger partial charge in [-0.2, -0.15) is 0 Å². The van der Waals surface area contributed by atoms with Gasteiger partial charge in [-0.05, 0) is 31.2 Å². The Labute approximate surface area is 144 Å². The zero-order valence-corrected chi connectivity index (χ0v) is 14.5. The van der Waals surface area contributed by atoms with E-state index in [0.29, 0.717) is 25.4 Å². The first-order chi connectivity index (χ1) is 11.7. The summed E-state index contributed by atoms with van der Waals surface area (Å²) in [7, 11) is 1.63. The largest absolute Gasteiger partial charge is 0.497 e. The third kappa shape index (κ3) is 3.51. The van der Waals surface area contributed by atoms with Crippen molar-refractivity contribution in [1.29, 1.82) is 0 Å². The molecule has 2 aromatic heterocycles. The number of methoxy groups -OCH3 is 1. The topological polar surface area (TPSA) is 56.1 Å². The average Bonchev–Trinajstić information content (AvgIpc) is 3.20. The number of thiazole rings is 1. The van der Waals surface area contributed by atoms with Gasteiger partial charge in [0, 0.05) is 24.3 Å². The fourth-order valence-corrected chi connectivity index (χ4v) is 3.04. The number of hydrogen-bond donors (Lipinski definition) is 0. The van der Waals surface area contributed by atoms with Crippen LogP contribution in [0.15, 0.2) is 42.0 Å². The number of nitrogens with zero attached hydrogens (tertiary/aromatic N) is 3. The summed E-state index contributed by atoms with van der Waals surface area (Å²) in [5.74, 6) is 1.46. The Balaban J connectivity index is 1.57. The number of likely N-dealkylation sites (N-methyl/N-ethyl adjacent to an activating group) is 1. The van der Waals surface area contributed by atoms with Gasteiger partial charge in [-0.25, -0.2) is 4.98 Å². The van der Waals surface area contributed by atoms with Gasteiger partial charge in [0.1, 0.15) is 23.8 Å². The normalized spacial score (nSPS) is 10.8. The van der Waals surface area contributed by atoms with Crippen LogP contribution in [-0.4, -0.2) is 47.0 Å². The number of amides is 1. The summed E-state index contributed by atoms with van der Waals surface area (Å²) in [5, 5.41) is 1.94. The van der Waals surface area contributed by atoms with E-state index < -0.39 is 0 Å². The molecule has 0 aliphatic carbocycles. The quantitative estimate of drug-likeness (QED) is 0.661. The highest BCUT2D eigenvalue weighted by molar-refractivity contribution is 7.15. The van der Waals surface area contributed by atoms with E-state index in [1.54, 1.807) is 18.2 Å². The van der Waals surface area contributed by atoms with Crippen molar-refractivity contribution in [2.45, 2.75) is 6.92 Å². The lowest BCUT2D eigenvalue weighted by Crippen LogP contribution is -2.34. The lowest BCUT2D eigenvalue weighted by Gasteiger charge is -2.20. The van der Waals surface area contributed by atoms with Gasteiger partial charge in [0.25, 0.3) is 5.91 Å². The van der Waals surface area contributed by atoms with Gasteiger partial charge in [-0.1, -0.05) is 0 Å². The molecule has 0 aliphatic heterocycles. The van der Waals surface area contributed by atoms with Gasteiger partial charge in [-0.3, -0.25) is 9.20 Å². The number of hydrogen-bond acceptors (Lipinski definition) is 5. The third-order valence-electron chi connectivity index (χ3n) is 3.67. The molecule has 3 rings (SSSR count). The van der Waals surface area contributed by atoms with E-state index in [2.05, 4.69) is 4.98 Å².